The Labute approximate surface area is 237 Å². The van der Waals surface area contributed by atoms with Crippen molar-refractivity contribution in [2.24, 2.45) is 18.9 Å². The lowest BCUT2D eigenvalue weighted by atomic mass is 9.92. The zero-order chi connectivity index (χ0) is 28.7. The van der Waals surface area contributed by atoms with Crippen LogP contribution in [0.15, 0.2) is 36.8 Å². The van der Waals surface area contributed by atoms with E-state index in [-0.39, 0.29) is 29.5 Å². The summed E-state index contributed by atoms with van der Waals surface area (Å²) in [4.78, 5) is 26.1. The van der Waals surface area contributed by atoms with Gasteiger partial charge < -0.3 is 30.2 Å². The number of carbonyl (C=O) groups excluding carboxylic acids is 1. The Morgan fingerprint density at radius 1 is 1.25 bits per heavy atom. The first-order chi connectivity index (χ1) is 18.9. The normalized spacial score (nSPS) is 24.1. The summed E-state index contributed by atoms with van der Waals surface area (Å²) in [5, 5.41) is 27.2. The second-order valence-corrected chi connectivity index (χ2v) is 12.1. The van der Waals surface area contributed by atoms with Gasteiger partial charge in [-0.2, -0.15) is 4.98 Å². The average molecular weight is 573 g/mol. The third-order valence-electron chi connectivity index (χ3n) is 7.66. The highest BCUT2D eigenvalue weighted by molar-refractivity contribution is 6.31. The van der Waals surface area contributed by atoms with Crippen molar-refractivity contribution in [3.63, 3.8) is 0 Å². The van der Waals surface area contributed by atoms with Crippen molar-refractivity contribution in [3.05, 3.63) is 59.0 Å². The van der Waals surface area contributed by atoms with Crippen molar-refractivity contribution in [2.75, 3.05) is 23.8 Å². The van der Waals surface area contributed by atoms with Crippen molar-refractivity contribution in [1.29, 1.82) is 0 Å². The van der Waals surface area contributed by atoms with E-state index in [1.807, 2.05) is 0 Å². The molecule has 5 rings (SSSR count). The summed E-state index contributed by atoms with van der Waals surface area (Å²) in [5.74, 6) is 0.375. The van der Waals surface area contributed by atoms with E-state index in [0.29, 0.717) is 48.4 Å². The maximum atomic E-state index is 13.5. The predicted octanol–water partition coefficient (Wildman–Crippen LogP) is 4.15. The molecule has 1 aromatic carbocycles. The second-order valence-electron chi connectivity index (χ2n) is 11.7. The third-order valence-corrected chi connectivity index (χ3v) is 7.95. The van der Waals surface area contributed by atoms with Crippen LogP contribution in [-0.2, 0) is 7.05 Å². The highest BCUT2D eigenvalue weighted by atomic mass is 35.5. The molecule has 40 heavy (non-hydrogen) atoms. The number of ether oxygens (including phenoxy) is 1. The van der Waals surface area contributed by atoms with E-state index in [0.717, 1.165) is 18.5 Å². The summed E-state index contributed by atoms with van der Waals surface area (Å²) < 4.78 is 20.7. The van der Waals surface area contributed by atoms with Crippen LogP contribution in [0, 0.1) is 17.7 Å². The molecule has 3 aromatic rings. The van der Waals surface area contributed by atoms with E-state index in [9.17, 15) is 19.4 Å². The quantitative estimate of drug-likeness (QED) is 0.300. The van der Waals surface area contributed by atoms with Gasteiger partial charge in [-0.3, -0.25) is 4.79 Å². The molecule has 4 N–H and O–H groups in total. The Morgan fingerprint density at radius 3 is 2.65 bits per heavy atom. The molecule has 12 heteroatoms. The van der Waals surface area contributed by atoms with Gasteiger partial charge in [0.1, 0.15) is 23.9 Å². The minimum Gasteiger partial charge on any atom is -0.460 e. The zero-order valence-electron chi connectivity index (χ0n) is 22.7. The minimum absolute atomic E-state index is 0.0607. The number of benzene rings is 1. The highest BCUT2D eigenvalue weighted by Crippen LogP contribution is 2.54. The van der Waals surface area contributed by atoms with E-state index in [1.165, 1.54) is 18.2 Å². The number of aliphatic hydroxyl groups is 2. The molecule has 0 bridgehead atoms. The molecule has 2 unspecified atom stereocenters. The standard InChI is InChI=1S/C28H34ClFN6O4/c1-27(2,38)14-40-26-31-7-6-22(35-26)32-13-28(39)11-17-8-16(9-18(17)12-28)23-24(36(3)15-33-23)25(37)34-19-4-5-21(30)20(29)10-19/h4-7,10,15-18,38-39H,8-9,11-14H2,1-3H3,(H,34,37)(H,31,32,35). The smallest absolute Gasteiger partial charge is 0.318 e. The van der Waals surface area contributed by atoms with Crippen molar-refractivity contribution < 1.29 is 24.1 Å². The molecule has 0 aliphatic heterocycles. The number of nitrogens with one attached hydrogen (secondary N) is 2. The lowest BCUT2D eigenvalue weighted by Gasteiger charge is -2.25. The SMILES string of the molecule is Cn1cnc(C2CC3CC(O)(CNc4ccnc(OCC(C)(C)O)n4)CC3C2)c1C(=O)Nc1ccc(F)c(Cl)c1. The van der Waals surface area contributed by atoms with Crippen LogP contribution in [0.25, 0.3) is 0 Å². The Morgan fingerprint density at radius 2 is 1.98 bits per heavy atom. The minimum atomic E-state index is -1.00. The van der Waals surface area contributed by atoms with Crippen LogP contribution in [-0.4, -0.2) is 60.0 Å². The van der Waals surface area contributed by atoms with Crippen LogP contribution in [0.4, 0.5) is 15.9 Å². The van der Waals surface area contributed by atoms with Crippen molar-refractivity contribution >= 4 is 29.0 Å². The molecule has 0 radical (unpaired) electrons. The van der Waals surface area contributed by atoms with Crippen LogP contribution >= 0.6 is 11.6 Å². The van der Waals surface area contributed by atoms with E-state index < -0.39 is 17.0 Å². The van der Waals surface area contributed by atoms with Crippen molar-refractivity contribution in [2.45, 2.75) is 56.7 Å². The highest BCUT2D eigenvalue weighted by Gasteiger charge is 2.49. The number of nitrogens with zero attached hydrogens (tertiary/aromatic N) is 4. The number of imidazole rings is 1. The van der Waals surface area contributed by atoms with Gasteiger partial charge in [0.25, 0.3) is 5.91 Å². The summed E-state index contributed by atoms with van der Waals surface area (Å²) in [7, 11) is 1.78. The molecule has 1 amide bonds. The van der Waals surface area contributed by atoms with E-state index in [2.05, 4.69) is 25.6 Å². The van der Waals surface area contributed by atoms with E-state index >= 15 is 0 Å². The molecule has 2 atom stereocenters. The summed E-state index contributed by atoms with van der Waals surface area (Å²) in [6, 6.07) is 5.92. The van der Waals surface area contributed by atoms with E-state index in [1.54, 1.807) is 44.1 Å². The number of anilines is 2. The van der Waals surface area contributed by atoms with Crippen molar-refractivity contribution in [3.8, 4) is 6.01 Å². The lowest BCUT2D eigenvalue weighted by molar-refractivity contribution is 0.0250. The fourth-order valence-electron chi connectivity index (χ4n) is 5.93. The molecule has 2 aliphatic rings. The second kappa shape index (κ2) is 10.9. The van der Waals surface area contributed by atoms with Crippen LogP contribution in [0.2, 0.25) is 5.02 Å². The summed E-state index contributed by atoms with van der Waals surface area (Å²) >= 11 is 5.87. The molecule has 2 heterocycles. The third kappa shape index (κ3) is 6.37. The fraction of sp³-hybridized carbons (Fsp3) is 0.500. The topological polar surface area (TPSA) is 134 Å². The van der Waals surface area contributed by atoms with Gasteiger partial charge in [-0.05, 0) is 75.6 Å². The van der Waals surface area contributed by atoms with Crippen LogP contribution in [0.3, 0.4) is 0 Å². The maximum absolute atomic E-state index is 13.5. The fourth-order valence-corrected chi connectivity index (χ4v) is 6.11. The number of amides is 1. The molecule has 2 saturated carbocycles. The Balaban J connectivity index is 1.19. The van der Waals surface area contributed by atoms with Gasteiger partial charge in [0.2, 0.25) is 0 Å². The molecular formula is C28H34ClFN6O4. The average Bonchev–Trinajstić information content (AvgIpc) is 3.54. The molecular weight excluding hydrogens is 539 g/mol. The van der Waals surface area contributed by atoms with Gasteiger partial charge in [0.15, 0.2) is 0 Å². The van der Waals surface area contributed by atoms with Gasteiger partial charge in [0, 0.05) is 31.4 Å². The number of aryl methyl sites for hydroxylation is 1. The van der Waals surface area contributed by atoms with Gasteiger partial charge in [-0.1, -0.05) is 11.6 Å². The van der Waals surface area contributed by atoms with Gasteiger partial charge >= 0.3 is 6.01 Å². The number of halogens is 2. The largest absolute Gasteiger partial charge is 0.460 e. The molecule has 2 fully saturated rings. The predicted molar refractivity (Wildman–Crippen MR) is 148 cm³/mol. The van der Waals surface area contributed by atoms with E-state index in [4.69, 9.17) is 16.3 Å². The molecule has 214 valence electrons. The van der Waals surface area contributed by atoms with Crippen LogP contribution in [0.5, 0.6) is 6.01 Å². The molecule has 2 aliphatic carbocycles. The van der Waals surface area contributed by atoms with Crippen LogP contribution < -0.4 is 15.4 Å². The molecule has 0 saturated heterocycles. The monoisotopic (exact) mass is 572 g/mol. The number of hydrogen-bond donors (Lipinski definition) is 4. The van der Waals surface area contributed by atoms with Gasteiger partial charge in [-0.15, -0.1) is 0 Å². The molecule has 0 spiro atoms. The first kappa shape index (κ1) is 28.3. The maximum Gasteiger partial charge on any atom is 0.318 e. The summed E-state index contributed by atoms with van der Waals surface area (Å²) in [5.41, 5.74) is -0.273. The number of carbonyl (C=O) groups is 1. The van der Waals surface area contributed by atoms with Crippen molar-refractivity contribution in [1.82, 2.24) is 19.5 Å². The first-order valence-corrected chi connectivity index (χ1v) is 13.7. The lowest BCUT2D eigenvalue weighted by Crippen LogP contribution is -2.35. The summed E-state index contributed by atoms with van der Waals surface area (Å²) in [6.45, 7) is 3.68. The Kier molecular flexibility index (Phi) is 7.73. The van der Waals surface area contributed by atoms with Gasteiger partial charge in [-0.25, -0.2) is 14.4 Å². The number of rotatable bonds is 9. The summed E-state index contributed by atoms with van der Waals surface area (Å²) in [6.07, 6.45) is 6.13. The number of aromatic nitrogens is 4. The van der Waals surface area contributed by atoms with Crippen LogP contribution in [0.1, 0.15) is 61.6 Å². The Bertz CT molecular complexity index is 1380. The number of hydrogen-bond acceptors (Lipinski definition) is 8. The van der Waals surface area contributed by atoms with Gasteiger partial charge in [0.05, 0.1) is 28.2 Å². The zero-order valence-corrected chi connectivity index (χ0v) is 23.5. The number of fused-ring (bicyclic) bond motifs is 1. The molecule has 2 aromatic heterocycles. The first-order valence-electron chi connectivity index (χ1n) is 13.3. The molecule has 10 nitrogen and oxygen atoms in total. The Hall–Kier alpha value is -3.28.